The van der Waals surface area contributed by atoms with Crippen molar-refractivity contribution >= 4 is 39.1 Å². The van der Waals surface area contributed by atoms with Gasteiger partial charge >= 0.3 is 11.8 Å². The zero-order valence-electron chi connectivity index (χ0n) is 13.6. The summed E-state index contributed by atoms with van der Waals surface area (Å²) in [5.41, 5.74) is 5.28. The van der Waals surface area contributed by atoms with Crippen LogP contribution < -0.4 is 10.6 Å². The number of aryl methyl sites for hydroxylation is 4. The van der Waals surface area contributed by atoms with Gasteiger partial charge in [-0.3, -0.25) is 9.59 Å². The van der Waals surface area contributed by atoms with Gasteiger partial charge in [-0.25, -0.2) is 0 Å². The fraction of sp³-hybridized carbons (Fsp3) is 0.222. The quantitative estimate of drug-likeness (QED) is 0.771. The van der Waals surface area contributed by atoms with Crippen LogP contribution in [0, 0.1) is 27.7 Å². The van der Waals surface area contributed by atoms with Gasteiger partial charge in [0.25, 0.3) is 0 Å². The minimum atomic E-state index is -0.700. The van der Waals surface area contributed by atoms with E-state index in [1.54, 1.807) is 6.07 Å². The number of carbonyl (C=O) groups is 2. The number of rotatable bonds is 2. The van der Waals surface area contributed by atoms with Gasteiger partial charge in [-0.05, 0) is 72.4 Å². The molecule has 23 heavy (non-hydrogen) atoms. The lowest BCUT2D eigenvalue weighted by atomic mass is 10.1. The first-order chi connectivity index (χ1) is 10.8. The molecule has 0 aliphatic heterocycles. The van der Waals surface area contributed by atoms with Crippen molar-refractivity contribution in [1.82, 2.24) is 0 Å². The van der Waals surface area contributed by atoms with Crippen LogP contribution in [0.25, 0.3) is 0 Å². The molecule has 0 aliphatic rings. The van der Waals surface area contributed by atoms with Gasteiger partial charge in [0.2, 0.25) is 0 Å². The number of hydrogen-bond acceptors (Lipinski definition) is 2. The lowest BCUT2D eigenvalue weighted by Crippen LogP contribution is -2.29. The van der Waals surface area contributed by atoms with Crippen molar-refractivity contribution in [3.63, 3.8) is 0 Å². The highest BCUT2D eigenvalue weighted by Crippen LogP contribution is 2.24. The number of hydrogen-bond donors (Lipinski definition) is 2. The maximum Gasteiger partial charge on any atom is 0.314 e. The number of carbonyl (C=O) groups excluding carboxylic acids is 2. The van der Waals surface area contributed by atoms with Crippen LogP contribution in [0.4, 0.5) is 11.4 Å². The van der Waals surface area contributed by atoms with Crippen molar-refractivity contribution in [2.24, 2.45) is 0 Å². The lowest BCUT2D eigenvalue weighted by molar-refractivity contribution is -0.133. The molecule has 0 unspecified atom stereocenters. The third kappa shape index (κ3) is 4.20. The second kappa shape index (κ2) is 6.96. The van der Waals surface area contributed by atoms with Crippen molar-refractivity contribution < 1.29 is 9.59 Å². The Labute approximate surface area is 144 Å². The van der Waals surface area contributed by atoms with E-state index in [4.69, 9.17) is 0 Å². The van der Waals surface area contributed by atoms with Gasteiger partial charge in [-0.15, -0.1) is 0 Å². The molecule has 5 heteroatoms. The molecule has 0 radical (unpaired) electrons. The molecule has 120 valence electrons. The first kappa shape index (κ1) is 17.2. The highest BCUT2D eigenvalue weighted by atomic mass is 79.9. The van der Waals surface area contributed by atoms with Crippen LogP contribution in [0.3, 0.4) is 0 Å². The van der Waals surface area contributed by atoms with Crippen LogP contribution in [0.1, 0.15) is 22.3 Å². The standard InChI is InChI=1S/C18H19BrN2O2/c1-10-5-6-15(14(19)9-10)20-17(22)18(23)21-16-12(3)7-11(2)8-13(16)4/h5-9H,1-4H3,(H,20,22)(H,21,23). The van der Waals surface area contributed by atoms with Gasteiger partial charge in [-0.2, -0.15) is 0 Å². The fourth-order valence-corrected chi connectivity index (χ4v) is 3.04. The van der Waals surface area contributed by atoms with E-state index in [-0.39, 0.29) is 0 Å². The molecule has 4 nitrogen and oxygen atoms in total. The monoisotopic (exact) mass is 374 g/mol. The number of halogens is 1. The average Bonchev–Trinajstić information content (AvgIpc) is 2.45. The Morgan fingerprint density at radius 2 is 1.39 bits per heavy atom. The van der Waals surface area contributed by atoms with Crippen LogP contribution in [0.2, 0.25) is 0 Å². The molecule has 2 N–H and O–H groups in total. The summed E-state index contributed by atoms with van der Waals surface area (Å²) in [6.07, 6.45) is 0. The molecule has 0 fully saturated rings. The summed E-state index contributed by atoms with van der Waals surface area (Å²) in [5.74, 6) is -1.39. The second-order valence-electron chi connectivity index (χ2n) is 5.67. The molecule has 2 rings (SSSR count). The number of amides is 2. The Balaban J connectivity index is 2.13. The maximum absolute atomic E-state index is 12.1. The smallest absolute Gasteiger partial charge is 0.314 e. The normalized spacial score (nSPS) is 10.3. The van der Waals surface area contributed by atoms with Crippen molar-refractivity contribution in [2.45, 2.75) is 27.7 Å². The summed E-state index contributed by atoms with van der Waals surface area (Å²) in [6, 6.07) is 9.44. The summed E-state index contributed by atoms with van der Waals surface area (Å²) < 4.78 is 0.737. The largest absolute Gasteiger partial charge is 0.317 e. The SMILES string of the molecule is Cc1cc(C)c(NC(=O)C(=O)Nc2ccc(C)cc2Br)c(C)c1. The Morgan fingerprint density at radius 3 is 1.96 bits per heavy atom. The van der Waals surface area contributed by atoms with Crippen LogP contribution >= 0.6 is 15.9 Å². The first-order valence-electron chi connectivity index (χ1n) is 7.24. The van der Waals surface area contributed by atoms with E-state index >= 15 is 0 Å². The summed E-state index contributed by atoms with van der Waals surface area (Å²) in [5, 5.41) is 5.30. The van der Waals surface area contributed by atoms with Crippen molar-refractivity contribution in [2.75, 3.05) is 10.6 Å². The van der Waals surface area contributed by atoms with Crippen molar-refractivity contribution in [3.8, 4) is 0 Å². The van der Waals surface area contributed by atoms with Crippen LogP contribution in [-0.4, -0.2) is 11.8 Å². The van der Waals surface area contributed by atoms with E-state index in [0.717, 1.165) is 26.7 Å². The molecular formula is C18H19BrN2O2. The Bertz CT molecular complexity index is 762. The van der Waals surface area contributed by atoms with Crippen molar-refractivity contribution in [1.29, 1.82) is 0 Å². The van der Waals surface area contributed by atoms with Crippen LogP contribution in [0.15, 0.2) is 34.8 Å². The minimum absolute atomic E-state index is 0.563. The molecule has 0 bridgehead atoms. The second-order valence-corrected chi connectivity index (χ2v) is 6.52. The zero-order chi connectivity index (χ0) is 17.1. The molecular weight excluding hydrogens is 356 g/mol. The fourth-order valence-electron chi connectivity index (χ4n) is 2.45. The summed E-state index contributed by atoms with van der Waals surface area (Å²) in [6.45, 7) is 7.76. The summed E-state index contributed by atoms with van der Waals surface area (Å²) >= 11 is 3.38. The van der Waals surface area contributed by atoms with E-state index in [2.05, 4.69) is 26.6 Å². The van der Waals surface area contributed by atoms with E-state index in [9.17, 15) is 9.59 Å². The van der Waals surface area contributed by atoms with Gasteiger partial charge in [0, 0.05) is 10.2 Å². The minimum Gasteiger partial charge on any atom is -0.317 e. The molecule has 0 aliphatic carbocycles. The Kier molecular flexibility index (Phi) is 5.21. The molecule has 0 saturated heterocycles. The third-order valence-corrected chi connectivity index (χ3v) is 4.15. The Hall–Kier alpha value is -2.14. The molecule has 0 aromatic heterocycles. The third-order valence-electron chi connectivity index (χ3n) is 3.49. The van der Waals surface area contributed by atoms with Gasteiger partial charge < -0.3 is 10.6 Å². The van der Waals surface area contributed by atoms with Crippen molar-refractivity contribution in [3.05, 3.63) is 57.1 Å². The molecule has 2 aromatic carbocycles. The van der Waals surface area contributed by atoms with Crippen LogP contribution in [-0.2, 0) is 9.59 Å². The molecule has 0 spiro atoms. The molecule has 0 atom stereocenters. The highest BCUT2D eigenvalue weighted by Gasteiger charge is 2.17. The Morgan fingerprint density at radius 1 is 0.826 bits per heavy atom. The van der Waals surface area contributed by atoms with E-state index in [1.807, 2.05) is 52.0 Å². The van der Waals surface area contributed by atoms with Gasteiger partial charge in [0.05, 0.1) is 5.69 Å². The van der Waals surface area contributed by atoms with Gasteiger partial charge in [0.1, 0.15) is 0 Å². The lowest BCUT2D eigenvalue weighted by Gasteiger charge is -2.13. The number of anilines is 2. The molecule has 0 saturated carbocycles. The van der Waals surface area contributed by atoms with E-state index < -0.39 is 11.8 Å². The topological polar surface area (TPSA) is 58.2 Å². The molecule has 0 heterocycles. The number of nitrogens with one attached hydrogen (secondary N) is 2. The van der Waals surface area contributed by atoms with Crippen LogP contribution in [0.5, 0.6) is 0 Å². The predicted molar refractivity (Wildman–Crippen MR) is 96.8 cm³/mol. The number of benzene rings is 2. The van der Waals surface area contributed by atoms with E-state index in [0.29, 0.717) is 11.4 Å². The van der Waals surface area contributed by atoms with Gasteiger partial charge in [0.15, 0.2) is 0 Å². The summed E-state index contributed by atoms with van der Waals surface area (Å²) in [7, 11) is 0. The predicted octanol–water partition coefficient (Wildman–Crippen LogP) is 4.26. The first-order valence-corrected chi connectivity index (χ1v) is 8.03. The van der Waals surface area contributed by atoms with Gasteiger partial charge in [-0.1, -0.05) is 23.8 Å². The molecule has 2 amide bonds. The zero-order valence-corrected chi connectivity index (χ0v) is 15.2. The van der Waals surface area contributed by atoms with E-state index in [1.165, 1.54) is 0 Å². The average molecular weight is 375 g/mol. The highest BCUT2D eigenvalue weighted by molar-refractivity contribution is 9.10. The maximum atomic E-state index is 12.1. The molecule has 2 aromatic rings. The summed E-state index contributed by atoms with van der Waals surface area (Å²) in [4.78, 5) is 24.2.